The molecule has 134 valence electrons. The monoisotopic (exact) mass is 402 g/mol. The Morgan fingerprint density at radius 3 is 2.24 bits per heavy atom. The molecule has 0 aromatic heterocycles. The third kappa shape index (κ3) is 5.02. The number of nitrogens with one attached hydrogen (secondary N) is 1. The molecule has 0 aliphatic carbocycles. The molecule has 0 bridgehead atoms. The van der Waals surface area contributed by atoms with Crippen LogP contribution in [0.5, 0.6) is 0 Å². The van der Waals surface area contributed by atoms with Gasteiger partial charge < -0.3 is 5.32 Å². The second kappa shape index (κ2) is 7.12. The van der Waals surface area contributed by atoms with Crippen LogP contribution in [0.2, 0.25) is 5.02 Å². The van der Waals surface area contributed by atoms with Crippen molar-refractivity contribution in [2.45, 2.75) is 16.7 Å². The molecule has 1 amide bonds. The lowest BCUT2D eigenvalue weighted by molar-refractivity contribution is -0.113. The van der Waals surface area contributed by atoms with E-state index in [2.05, 4.69) is 5.32 Å². The normalized spacial score (nSPS) is 12.0. The smallest absolute Gasteiger partial charge is 0.239 e. The summed E-state index contributed by atoms with van der Waals surface area (Å²) >= 11 is 5.71. The SMILES string of the molecule is Cc1ccc(NC(=O)CS(=O)(=O)c2ccc(Cl)cc2)cc1S(N)(=O)=O. The van der Waals surface area contributed by atoms with Gasteiger partial charge in [-0.3, -0.25) is 4.79 Å². The van der Waals surface area contributed by atoms with Crippen LogP contribution in [0.25, 0.3) is 0 Å². The molecule has 0 radical (unpaired) electrons. The van der Waals surface area contributed by atoms with Crippen LogP contribution in [-0.2, 0) is 24.7 Å². The fourth-order valence-corrected chi connectivity index (χ4v) is 4.15. The van der Waals surface area contributed by atoms with Crippen LogP contribution in [0, 0.1) is 6.92 Å². The Balaban J connectivity index is 2.19. The van der Waals surface area contributed by atoms with Gasteiger partial charge in [0.2, 0.25) is 15.9 Å². The van der Waals surface area contributed by atoms with Crippen molar-refractivity contribution in [2.75, 3.05) is 11.1 Å². The first-order chi connectivity index (χ1) is 11.5. The van der Waals surface area contributed by atoms with Gasteiger partial charge in [0, 0.05) is 10.7 Å². The highest BCUT2D eigenvalue weighted by molar-refractivity contribution is 7.92. The first-order valence-corrected chi connectivity index (χ1v) is 10.5. The third-order valence-corrected chi connectivity index (χ3v) is 6.21. The summed E-state index contributed by atoms with van der Waals surface area (Å²) in [5.41, 5.74) is 0.542. The number of rotatable bonds is 5. The summed E-state index contributed by atoms with van der Waals surface area (Å²) in [7, 11) is -7.81. The summed E-state index contributed by atoms with van der Waals surface area (Å²) in [4.78, 5) is 11.8. The Labute approximate surface area is 150 Å². The molecule has 2 aromatic rings. The van der Waals surface area contributed by atoms with Crippen LogP contribution < -0.4 is 10.5 Å². The zero-order valence-electron chi connectivity index (χ0n) is 13.1. The van der Waals surface area contributed by atoms with Crippen molar-refractivity contribution in [2.24, 2.45) is 5.14 Å². The van der Waals surface area contributed by atoms with Gasteiger partial charge in [0.25, 0.3) is 0 Å². The molecular formula is C15H15ClN2O5S2. The minimum atomic E-state index is -3.96. The molecule has 25 heavy (non-hydrogen) atoms. The molecule has 0 unspecified atom stereocenters. The summed E-state index contributed by atoms with van der Waals surface area (Å²) < 4.78 is 47.4. The number of hydrogen-bond acceptors (Lipinski definition) is 5. The lowest BCUT2D eigenvalue weighted by atomic mass is 10.2. The maximum Gasteiger partial charge on any atom is 0.239 e. The first-order valence-electron chi connectivity index (χ1n) is 6.91. The standard InChI is InChI=1S/C15H15ClN2O5S2/c1-10-2-5-12(8-14(10)25(17,22)23)18-15(19)9-24(20,21)13-6-3-11(16)4-7-13/h2-8H,9H2,1H3,(H,18,19)(H2,17,22,23). The Morgan fingerprint density at radius 1 is 1.08 bits per heavy atom. The molecule has 7 nitrogen and oxygen atoms in total. The highest BCUT2D eigenvalue weighted by Gasteiger charge is 2.20. The summed E-state index contributed by atoms with van der Waals surface area (Å²) in [5.74, 6) is -1.60. The topological polar surface area (TPSA) is 123 Å². The molecule has 3 N–H and O–H groups in total. The Hall–Kier alpha value is -1.94. The molecule has 0 aliphatic heterocycles. The Morgan fingerprint density at radius 2 is 1.68 bits per heavy atom. The van der Waals surface area contributed by atoms with E-state index in [1.807, 2.05) is 0 Å². The molecular weight excluding hydrogens is 388 g/mol. The number of halogens is 1. The second-order valence-corrected chi connectivity index (χ2v) is 9.24. The molecule has 0 saturated heterocycles. The first kappa shape index (κ1) is 19.4. The highest BCUT2D eigenvalue weighted by atomic mass is 35.5. The van der Waals surface area contributed by atoms with Gasteiger partial charge in [-0.25, -0.2) is 22.0 Å². The number of carbonyl (C=O) groups is 1. The van der Waals surface area contributed by atoms with Gasteiger partial charge in [0.15, 0.2) is 9.84 Å². The number of primary sulfonamides is 1. The van der Waals surface area contributed by atoms with E-state index in [0.29, 0.717) is 10.6 Å². The van der Waals surface area contributed by atoms with Gasteiger partial charge in [0.1, 0.15) is 5.75 Å². The van der Waals surface area contributed by atoms with Crippen molar-refractivity contribution in [3.63, 3.8) is 0 Å². The van der Waals surface area contributed by atoms with E-state index in [4.69, 9.17) is 16.7 Å². The largest absolute Gasteiger partial charge is 0.325 e. The average molecular weight is 403 g/mol. The van der Waals surface area contributed by atoms with Crippen molar-refractivity contribution in [1.29, 1.82) is 0 Å². The molecule has 2 aromatic carbocycles. The molecule has 0 spiro atoms. The number of amides is 1. The fourth-order valence-electron chi connectivity index (χ4n) is 2.08. The molecule has 0 heterocycles. The van der Waals surface area contributed by atoms with E-state index in [1.165, 1.54) is 42.5 Å². The quantitative estimate of drug-likeness (QED) is 0.787. The van der Waals surface area contributed by atoms with Gasteiger partial charge in [-0.15, -0.1) is 0 Å². The number of hydrogen-bond donors (Lipinski definition) is 2. The molecule has 0 fully saturated rings. The summed E-state index contributed by atoms with van der Waals surface area (Å²) in [6.07, 6.45) is 0. The minimum absolute atomic E-state index is 0.0406. The molecule has 10 heteroatoms. The van der Waals surface area contributed by atoms with Crippen LogP contribution in [0.3, 0.4) is 0 Å². The number of carbonyl (C=O) groups excluding carboxylic acids is 1. The number of anilines is 1. The van der Waals surface area contributed by atoms with Gasteiger partial charge in [-0.1, -0.05) is 17.7 Å². The van der Waals surface area contributed by atoms with E-state index >= 15 is 0 Å². The molecule has 0 aliphatic rings. The summed E-state index contributed by atoms with van der Waals surface area (Å²) in [6.45, 7) is 1.55. The number of sulfone groups is 1. The van der Waals surface area contributed by atoms with Crippen molar-refractivity contribution >= 4 is 43.1 Å². The Bertz CT molecular complexity index is 1020. The third-order valence-electron chi connectivity index (χ3n) is 3.27. The van der Waals surface area contributed by atoms with Crippen LogP contribution >= 0.6 is 11.6 Å². The van der Waals surface area contributed by atoms with Gasteiger partial charge >= 0.3 is 0 Å². The maximum atomic E-state index is 12.2. The molecule has 0 atom stereocenters. The lowest BCUT2D eigenvalue weighted by Gasteiger charge is -2.09. The van der Waals surface area contributed by atoms with Crippen molar-refractivity contribution in [3.05, 3.63) is 53.1 Å². The van der Waals surface area contributed by atoms with E-state index in [0.717, 1.165) is 0 Å². The predicted octanol–water partition coefficient (Wildman–Crippen LogP) is 1.71. The number of benzene rings is 2. The second-order valence-electron chi connectivity index (χ2n) is 5.29. The molecule has 0 saturated carbocycles. The average Bonchev–Trinajstić information content (AvgIpc) is 2.48. The van der Waals surface area contributed by atoms with Gasteiger partial charge in [-0.2, -0.15) is 0 Å². The lowest BCUT2D eigenvalue weighted by Crippen LogP contribution is -2.23. The van der Waals surface area contributed by atoms with E-state index in [1.54, 1.807) is 6.92 Å². The number of aryl methyl sites for hydroxylation is 1. The minimum Gasteiger partial charge on any atom is -0.325 e. The zero-order chi connectivity index (χ0) is 18.8. The predicted molar refractivity (Wildman–Crippen MR) is 94.7 cm³/mol. The zero-order valence-corrected chi connectivity index (χ0v) is 15.5. The number of nitrogens with two attached hydrogens (primary N) is 1. The van der Waals surface area contributed by atoms with Crippen LogP contribution in [0.4, 0.5) is 5.69 Å². The number of sulfonamides is 1. The summed E-state index contributed by atoms with van der Waals surface area (Å²) in [6, 6.07) is 9.51. The van der Waals surface area contributed by atoms with Crippen molar-refractivity contribution < 1.29 is 21.6 Å². The van der Waals surface area contributed by atoms with Crippen LogP contribution in [0.15, 0.2) is 52.3 Å². The van der Waals surface area contributed by atoms with Crippen LogP contribution in [-0.4, -0.2) is 28.5 Å². The van der Waals surface area contributed by atoms with Crippen molar-refractivity contribution in [3.8, 4) is 0 Å². The molecule has 2 rings (SSSR count). The highest BCUT2D eigenvalue weighted by Crippen LogP contribution is 2.20. The van der Waals surface area contributed by atoms with Crippen molar-refractivity contribution in [1.82, 2.24) is 0 Å². The summed E-state index contributed by atoms with van der Waals surface area (Å²) in [5, 5.41) is 7.83. The Kier molecular flexibility index (Phi) is 5.52. The van der Waals surface area contributed by atoms with Crippen LogP contribution in [0.1, 0.15) is 5.56 Å². The fraction of sp³-hybridized carbons (Fsp3) is 0.133. The van der Waals surface area contributed by atoms with E-state index in [-0.39, 0.29) is 15.5 Å². The van der Waals surface area contributed by atoms with Gasteiger partial charge in [0.05, 0.1) is 9.79 Å². The van der Waals surface area contributed by atoms with Gasteiger partial charge in [-0.05, 0) is 48.9 Å². The van der Waals surface area contributed by atoms with E-state index in [9.17, 15) is 21.6 Å². The maximum absolute atomic E-state index is 12.2. The van der Waals surface area contributed by atoms with E-state index < -0.39 is 31.5 Å².